The van der Waals surface area contributed by atoms with Gasteiger partial charge in [0.05, 0.1) is 7.11 Å². The summed E-state index contributed by atoms with van der Waals surface area (Å²) in [6, 6.07) is 17.6. The minimum Gasteiger partial charge on any atom is -0.497 e. The molecule has 0 aliphatic heterocycles. The van der Waals surface area contributed by atoms with Crippen LogP contribution in [-0.2, 0) is 6.61 Å². The van der Waals surface area contributed by atoms with E-state index in [1.54, 1.807) is 67.8 Å². The van der Waals surface area contributed by atoms with Crippen LogP contribution in [0.2, 0.25) is 5.02 Å². The van der Waals surface area contributed by atoms with Crippen molar-refractivity contribution < 1.29 is 18.7 Å². The summed E-state index contributed by atoms with van der Waals surface area (Å²) in [7, 11) is 1.60. The maximum Gasteiger partial charge on any atom is 0.293 e. The Bertz CT molecular complexity index is 1260. The van der Waals surface area contributed by atoms with E-state index in [-0.39, 0.29) is 17.5 Å². The van der Waals surface area contributed by atoms with Gasteiger partial charge in [-0.3, -0.25) is 10.1 Å². The van der Waals surface area contributed by atoms with Crippen LogP contribution in [0.15, 0.2) is 65.1 Å². The number of carbonyl (C=O) groups excluding carboxylic acids is 1. The minimum absolute atomic E-state index is 0.0724. The maximum absolute atomic E-state index is 12.4. The molecule has 0 aliphatic carbocycles. The SMILES string of the molecule is COc1ccc(OCc2nnc(NC(=S)NC(=O)c3ccc(-c4ccc(Cl)cc4)o3)s2)cc1. The molecule has 0 saturated carbocycles. The molecular weight excluding hydrogens is 484 g/mol. The van der Waals surface area contributed by atoms with Crippen molar-refractivity contribution in [3.63, 3.8) is 0 Å². The van der Waals surface area contributed by atoms with Gasteiger partial charge in [-0.15, -0.1) is 10.2 Å². The molecule has 0 atom stereocenters. The normalized spacial score (nSPS) is 10.5. The first-order chi connectivity index (χ1) is 16.0. The van der Waals surface area contributed by atoms with Crippen LogP contribution in [0, 0.1) is 0 Å². The molecule has 0 fully saturated rings. The van der Waals surface area contributed by atoms with E-state index in [2.05, 4.69) is 20.8 Å². The van der Waals surface area contributed by atoms with Crippen LogP contribution in [0.25, 0.3) is 11.3 Å². The fraction of sp³-hybridized carbons (Fsp3) is 0.0909. The van der Waals surface area contributed by atoms with Crippen molar-refractivity contribution in [2.45, 2.75) is 6.61 Å². The highest BCUT2D eigenvalue weighted by molar-refractivity contribution is 7.80. The van der Waals surface area contributed by atoms with Crippen molar-refractivity contribution >= 4 is 51.3 Å². The fourth-order valence-corrected chi connectivity index (χ4v) is 3.74. The number of carbonyl (C=O) groups is 1. The number of aromatic nitrogens is 2. The standard InChI is InChI=1S/C22H17ClN4O4S2/c1-29-15-6-8-16(9-7-15)30-12-19-26-27-22(33-19)25-21(32)24-20(28)18-11-10-17(31-18)13-2-4-14(23)5-3-13/h2-11H,12H2,1H3,(H2,24,25,27,28,32). The number of thiocarbonyl (C=S) groups is 1. The molecule has 4 rings (SSSR count). The molecule has 0 aliphatic rings. The summed E-state index contributed by atoms with van der Waals surface area (Å²) in [4.78, 5) is 12.4. The van der Waals surface area contributed by atoms with Gasteiger partial charge in [-0.1, -0.05) is 22.9 Å². The van der Waals surface area contributed by atoms with Crippen molar-refractivity contribution in [2.75, 3.05) is 12.4 Å². The van der Waals surface area contributed by atoms with Gasteiger partial charge in [0.25, 0.3) is 5.91 Å². The van der Waals surface area contributed by atoms with E-state index in [9.17, 15) is 4.79 Å². The van der Waals surface area contributed by atoms with Gasteiger partial charge in [-0.25, -0.2) is 0 Å². The Balaban J connectivity index is 1.28. The highest BCUT2D eigenvalue weighted by atomic mass is 35.5. The Labute approximate surface area is 203 Å². The molecule has 2 aromatic heterocycles. The van der Waals surface area contributed by atoms with E-state index >= 15 is 0 Å². The van der Waals surface area contributed by atoms with Crippen LogP contribution < -0.4 is 20.1 Å². The summed E-state index contributed by atoms with van der Waals surface area (Å²) in [6.45, 7) is 0.241. The third-order valence-electron chi connectivity index (χ3n) is 4.29. The van der Waals surface area contributed by atoms with Crippen LogP contribution in [-0.4, -0.2) is 28.3 Å². The van der Waals surface area contributed by atoms with Gasteiger partial charge in [0.1, 0.15) is 23.9 Å². The number of amides is 1. The summed E-state index contributed by atoms with van der Waals surface area (Å²) < 4.78 is 16.4. The van der Waals surface area contributed by atoms with Crippen molar-refractivity contribution in [3.8, 4) is 22.8 Å². The lowest BCUT2D eigenvalue weighted by molar-refractivity contribution is 0.0951. The maximum atomic E-state index is 12.4. The van der Waals surface area contributed by atoms with Crippen LogP contribution in [0.3, 0.4) is 0 Å². The van der Waals surface area contributed by atoms with E-state index in [0.29, 0.717) is 26.7 Å². The highest BCUT2D eigenvalue weighted by Crippen LogP contribution is 2.24. The van der Waals surface area contributed by atoms with Gasteiger partial charge in [-0.05, 0) is 72.9 Å². The number of nitrogens with one attached hydrogen (secondary N) is 2. The molecule has 0 unspecified atom stereocenters. The van der Waals surface area contributed by atoms with Crippen molar-refractivity contribution in [3.05, 3.63) is 76.5 Å². The van der Waals surface area contributed by atoms with E-state index in [1.807, 2.05) is 0 Å². The Morgan fingerprint density at radius 1 is 1.06 bits per heavy atom. The van der Waals surface area contributed by atoms with Crippen molar-refractivity contribution in [2.24, 2.45) is 0 Å². The molecule has 2 heterocycles. The van der Waals surface area contributed by atoms with Crippen molar-refractivity contribution in [1.29, 1.82) is 0 Å². The summed E-state index contributed by atoms with van der Waals surface area (Å²) in [5, 5.41) is 15.2. The first kappa shape index (κ1) is 22.7. The monoisotopic (exact) mass is 500 g/mol. The minimum atomic E-state index is -0.486. The molecule has 0 bridgehead atoms. The summed E-state index contributed by atoms with van der Waals surface area (Å²) in [5.74, 6) is 1.60. The molecule has 8 nitrogen and oxygen atoms in total. The Hall–Kier alpha value is -3.47. The molecule has 168 valence electrons. The topological polar surface area (TPSA) is 98.5 Å². The highest BCUT2D eigenvalue weighted by Gasteiger charge is 2.15. The lowest BCUT2D eigenvalue weighted by Crippen LogP contribution is -2.33. The number of anilines is 1. The number of nitrogens with zero attached hydrogens (tertiary/aromatic N) is 2. The number of benzene rings is 2. The largest absolute Gasteiger partial charge is 0.497 e. The second-order valence-electron chi connectivity index (χ2n) is 6.54. The van der Waals surface area contributed by atoms with Crippen LogP contribution in [0.4, 0.5) is 5.13 Å². The fourth-order valence-electron chi connectivity index (χ4n) is 2.70. The molecule has 0 spiro atoms. The Kier molecular flexibility index (Phi) is 7.18. The quantitative estimate of drug-likeness (QED) is 0.335. The third kappa shape index (κ3) is 6.07. The predicted molar refractivity (Wildman–Crippen MR) is 130 cm³/mol. The molecule has 1 amide bonds. The summed E-state index contributed by atoms with van der Waals surface area (Å²) >= 11 is 12.4. The zero-order valence-corrected chi connectivity index (χ0v) is 19.6. The van der Waals surface area contributed by atoms with Gasteiger partial charge < -0.3 is 19.2 Å². The number of hydrogen-bond donors (Lipinski definition) is 2. The lowest BCUT2D eigenvalue weighted by Gasteiger charge is -2.05. The van der Waals surface area contributed by atoms with Gasteiger partial charge >= 0.3 is 0 Å². The molecule has 0 saturated heterocycles. The van der Waals surface area contributed by atoms with Gasteiger partial charge in [-0.2, -0.15) is 0 Å². The zero-order valence-electron chi connectivity index (χ0n) is 17.2. The first-order valence-corrected chi connectivity index (χ1v) is 11.2. The summed E-state index contributed by atoms with van der Waals surface area (Å²) in [6.07, 6.45) is 0. The van der Waals surface area contributed by atoms with E-state index < -0.39 is 5.91 Å². The number of rotatable bonds is 7. The number of halogens is 1. The predicted octanol–water partition coefficient (Wildman–Crippen LogP) is 5.17. The molecule has 2 N–H and O–H groups in total. The van der Waals surface area contributed by atoms with Crippen LogP contribution in [0.1, 0.15) is 15.6 Å². The molecule has 11 heteroatoms. The van der Waals surface area contributed by atoms with E-state index in [1.165, 1.54) is 11.3 Å². The second-order valence-corrected chi connectivity index (χ2v) is 8.45. The number of ether oxygens (including phenoxy) is 2. The third-order valence-corrected chi connectivity index (χ3v) is 5.56. The average molecular weight is 501 g/mol. The van der Waals surface area contributed by atoms with Gasteiger partial charge in [0.2, 0.25) is 5.13 Å². The Morgan fingerprint density at radius 2 is 1.79 bits per heavy atom. The molecular formula is C22H17ClN4O4S2. The Morgan fingerprint density at radius 3 is 2.52 bits per heavy atom. The van der Waals surface area contributed by atoms with Gasteiger partial charge in [0, 0.05) is 10.6 Å². The number of methoxy groups -OCH3 is 1. The van der Waals surface area contributed by atoms with Crippen molar-refractivity contribution in [1.82, 2.24) is 15.5 Å². The van der Waals surface area contributed by atoms with Crippen LogP contribution >= 0.6 is 35.2 Å². The number of hydrogen-bond acceptors (Lipinski definition) is 8. The zero-order chi connectivity index (χ0) is 23.2. The molecule has 2 aromatic carbocycles. The summed E-state index contributed by atoms with van der Waals surface area (Å²) in [5.41, 5.74) is 0.803. The van der Waals surface area contributed by atoms with Crippen LogP contribution in [0.5, 0.6) is 11.5 Å². The second kappa shape index (κ2) is 10.4. The average Bonchev–Trinajstić information content (AvgIpc) is 3.48. The lowest BCUT2D eigenvalue weighted by atomic mass is 10.2. The smallest absolute Gasteiger partial charge is 0.293 e. The van der Waals surface area contributed by atoms with E-state index in [0.717, 1.165) is 11.3 Å². The first-order valence-electron chi connectivity index (χ1n) is 9.57. The van der Waals surface area contributed by atoms with E-state index in [4.69, 9.17) is 37.7 Å². The number of furan rings is 1. The molecule has 0 radical (unpaired) electrons. The molecule has 33 heavy (non-hydrogen) atoms. The van der Waals surface area contributed by atoms with Gasteiger partial charge in [0.15, 0.2) is 15.9 Å². The molecule has 4 aromatic rings.